The average molecular weight is 720 g/mol. The number of nitrogens with zero attached hydrogens (tertiary/aromatic N) is 1. The second kappa shape index (κ2) is 16.4. The minimum atomic E-state index is -5.13. The van der Waals surface area contributed by atoms with Crippen molar-refractivity contribution in [2.45, 2.75) is 82.3 Å². The van der Waals surface area contributed by atoms with Gasteiger partial charge in [0, 0.05) is 0 Å². The highest BCUT2D eigenvalue weighted by molar-refractivity contribution is 5.89. The number of rotatable bonds is 13. The van der Waals surface area contributed by atoms with Gasteiger partial charge < -0.3 is 33.2 Å². The summed E-state index contributed by atoms with van der Waals surface area (Å²) in [6, 6.07) is 34.9. The Morgan fingerprint density at radius 3 is 1.88 bits per heavy atom. The van der Waals surface area contributed by atoms with Crippen molar-refractivity contribution in [2.75, 3.05) is 6.61 Å². The molecule has 4 aromatic carbocycles. The monoisotopic (exact) mass is 719 g/mol. The average Bonchev–Trinajstić information content (AvgIpc) is 3.46. The molecular weight excluding hydrogens is 679 g/mol. The first-order chi connectivity index (χ1) is 25.0. The summed E-state index contributed by atoms with van der Waals surface area (Å²) in [6.07, 6.45) is -9.75. The molecule has 274 valence electrons. The molecule has 4 aromatic rings. The maximum Gasteiger partial charge on any atom is 0.468 e. The van der Waals surface area contributed by atoms with Gasteiger partial charge in [0.25, 0.3) is 0 Å². The molecule has 2 saturated heterocycles. The highest BCUT2D eigenvalue weighted by Gasteiger charge is 2.63. The lowest BCUT2D eigenvalue weighted by Gasteiger charge is -2.45. The van der Waals surface area contributed by atoms with Crippen molar-refractivity contribution in [2.24, 2.45) is 4.99 Å². The maximum atomic E-state index is 14.8. The van der Waals surface area contributed by atoms with E-state index in [4.69, 9.17) is 33.2 Å². The molecule has 1 unspecified atom stereocenters. The first kappa shape index (κ1) is 37.2. The number of benzene rings is 4. The van der Waals surface area contributed by atoms with Gasteiger partial charge in [0.1, 0.15) is 24.9 Å². The number of aliphatic imine (C=N–C) groups is 1. The van der Waals surface area contributed by atoms with Crippen molar-refractivity contribution < 1.29 is 51.1 Å². The molecule has 0 N–H and O–H groups in total. The molecule has 2 aliphatic heterocycles. The van der Waals surface area contributed by atoms with Crippen LogP contribution in [0.5, 0.6) is 0 Å². The van der Waals surface area contributed by atoms with Crippen LogP contribution in [0.4, 0.5) is 18.9 Å². The summed E-state index contributed by atoms with van der Waals surface area (Å²) in [6.45, 7) is 3.29. The van der Waals surface area contributed by atoms with Crippen LogP contribution in [0, 0.1) is 0 Å². The van der Waals surface area contributed by atoms with Gasteiger partial charge in [0.05, 0.1) is 38.0 Å². The van der Waals surface area contributed by atoms with Crippen molar-refractivity contribution in [1.82, 2.24) is 0 Å². The summed E-state index contributed by atoms with van der Waals surface area (Å²) >= 11 is 0. The zero-order chi connectivity index (χ0) is 36.6. The Bertz CT molecular complexity index is 1760. The van der Waals surface area contributed by atoms with E-state index < -0.39 is 60.5 Å². The standard InChI is InChI=1S/C40H40F3NO8/c1-38(2)49-32-23-39(37(45)48-26-30-19-11-5-12-20-30,52-36(40(41,42)43)44-31-21-13-6-14-22-31)51-35(34(32)50-38)33(47-25-29-17-9-4-10-18-29)27-46-24-28-15-7-3-8-16-28/h3-22,32-35H,23-27H2,1-2H3/t32-,33-,34-,35-,39?/m1/s1. The molecule has 9 nitrogen and oxygen atoms in total. The quantitative estimate of drug-likeness (QED) is 0.0784. The number of carbonyl (C=O) groups is 1. The Balaban J connectivity index is 1.38. The van der Waals surface area contributed by atoms with Crippen LogP contribution in [0.3, 0.4) is 0 Å². The normalized spacial score (nSPS) is 23.4. The summed E-state index contributed by atoms with van der Waals surface area (Å²) < 4.78 is 87.1. The zero-order valence-electron chi connectivity index (χ0n) is 28.7. The molecule has 2 aliphatic rings. The van der Waals surface area contributed by atoms with Crippen LogP contribution in [0.15, 0.2) is 126 Å². The van der Waals surface area contributed by atoms with Gasteiger partial charge in [0.15, 0.2) is 5.79 Å². The van der Waals surface area contributed by atoms with E-state index in [1.165, 1.54) is 24.3 Å². The molecule has 0 radical (unpaired) electrons. The van der Waals surface area contributed by atoms with Crippen molar-refractivity contribution in [3.63, 3.8) is 0 Å². The minimum Gasteiger partial charge on any atom is -0.456 e. The molecule has 0 aliphatic carbocycles. The van der Waals surface area contributed by atoms with E-state index in [1.807, 2.05) is 60.7 Å². The van der Waals surface area contributed by atoms with E-state index in [-0.39, 0.29) is 32.1 Å². The van der Waals surface area contributed by atoms with Gasteiger partial charge in [-0.15, -0.1) is 0 Å². The van der Waals surface area contributed by atoms with E-state index >= 15 is 0 Å². The molecule has 5 atom stereocenters. The molecule has 52 heavy (non-hydrogen) atoms. The first-order valence-corrected chi connectivity index (χ1v) is 16.9. The minimum absolute atomic E-state index is 0.0483. The number of esters is 1. The molecule has 2 heterocycles. The van der Waals surface area contributed by atoms with E-state index in [2.05, 4.69) is 4.99 Å². The van der Waals surface area contributed by atoms with Gasteiger partial charge in [-0.1, -0.05) is 109 Å². The number of hydrogen-bond acceptors (Lipinski definition) is 9. The third-order valence-corrected chi connectivity index (χ3v) is 8.42. The van der Waals surface area contributed by atoms with E-state index in [0.717, 1.165) is 11.1 Å². The van der Waals surface area contributed by atoms with E-state index in [9.17, 15) is 18.0 Å². The third kappa shape index (κ3) is 9.64. The summed E-state index contributed by atoms with van der Waals surface area (Å²) in [7, 11) is 0. The first-order valence-electron chi connectivity index (χ1n) is 16.9. The Kier molecular flexibility index (Phi) is 11.7. The third-order valence-electron chi connectivity index (χ3n) is 8.42. The summed E-state index contributed by atoms with van der Waals surface area (Å²) in [5.74, 6) is -6.79. The zero-order valence-corrected chi connectivity index (χ0v) is 28.7. The van der Waals surface area contributed by atoms with Crippen molar-refractivity contribution >= 4 is 17.6 Å². The second-order valence-electron chi connectivity index (χ2n) is 12.9. The van der Waals surface area contributed by atoms with Gasteiger partial charge in [-0.3, -0.25) is 0 Å². The Morgan fingerprint density at radius 2 is 1.31 bits per heavy atom. The summed E-state index contributed by atoms with van der Waals surface area (Å²) in [5.41, 5.74) is 2.27. The lowest BCUT2D eigenvalue weighted by atomic mass is 9.92. The Labute approximate surface area is 300 Å². The molecule has 0 saturated carbocycles. The number of carbonyl (C=O) groups excluding carboxylic acids is 1. The number of alkyl halides is 3. The van der Waals surface area contributed by atoms with Crippen LogP contribution in [0.2, 0.25) is 0 Å². The van der Waals surface area contributed by atoms with Gasteiger partial charge in [-0.2, -0.15) is 13.2 Å². The molecule has 0 bridgehead atoms. The summed E-state index contributed by atoms with van der Waals surface area (Å²) in [4.78, 5) is 18.0. The Morgan fingerprint density at radius 1 is 0.769 bits per heavy atom. The van der Waals surface area contributed by atoms with Crippen LogP contribution >= 0.6 is 0 Å². The molecule has 2 fully saturated rings. The molecule has 0 spiro atoms. The SMILES string of the molecule is CC1(C)O[C@H]2[C@@H]([C@@H](COCc3ccccc3)OCc3ccccc3)OC(OC(=Nc3ccccc3)C(F)(F)F)(C(=O)OCc3ccccc3)C[C@H]2O1. The lowest BCUT2D eigenvalue weighted by molar-refractivity contribution is -0.302. The highest BCUT2D eigenvalue weighted by Crippen LogP contribution is 2.45. The van der Waals surface area contributed by atoms with Gasteiger partial charge in [0.2, 0.25) is 0 Å². The van der Waals surface area contributed by atoms with Crippen molar-refractivity contribution in [3.05, 3.63) is 138 Å². The fourth-order valence-electron chi connectivity index (χ4n) is 6.06. The fourth-order valence-corrected chi connectivity index (χ4v) is 6.06. The van der Waals surface area contributed by atoms with Crippen LogP contribution in [-0.4, -0.2) is 60.6 Å². The predicted octanol–water partition coefficient (Wildman–Crippen LogP) is 7.85. The number of fused-ring (bicyclic) bond motifs is 1. The molecule has 12 heteroatoms. The van der Waals surface area contributed by atoms with Crippen LogP contribution < -0.4 is 0 Å². The number of ether oxygens (including phenoxy) is 7. The van der Waals surface area contributed by atoms with Gasteiger partial charge in [-0.25, -0.2) is 9.79 Å². The molecule has 0 amide bonds. The van der Waals surface area contributed by atoms with Crippen LogP contribution in [-0.2, 0) is 57.8 Å². The molecule has 6 rings (SSSR count). The van der Waals surface area contributed by atoms with E-state index in [1.54, 1.807) is 50.2 Å². The van der Waals surface area contributed by atoms with Crippen LogP contribution in [0.25, 0.3) is 0 Å². The predicted molar refractivity (Wildman–Crippen MR) is 184 cm³/mol. The number of hydrogen-bond donors (Lipinski definition) is 0. The van der Waals surface area contributed by atoms with Gasteiger partial charge in [-0.05, 0) is 42.7 Å². The molecular formula is C40H40F3NO8. The van der Waals surface area contributed by atoms with E-state index in [0.29, 0.717) is 5.56 Å². The largest absolute Gasteiger partial charge is 0.468 e. The van der Waals surface area contributed by atoms with Gasteiger partial charge >= 0.3 is 23.8 Å². The van der Waals surface area contributed by atoms with Crippen molar-refractivity contribution in [3.8, 4) is 0 Å². The second-order valence-corrected chi connectivity index (χ2v) is 12.9. The summed E-state index contributed by atoms with van der Waals surface area (Å²) in [5, 5.41) is 0. The highest BCUT2D eigenvalue weighted by atomic mass is 19.4. The number of para-hydroxylation sites is 1. The van der Waals surface area contributed by atoms with Crippen LogP contribution in [0.1, 0.15) is 37.0 Å². The van der Waals surface area contributed by atoms with Crippen molar-refractivity contribution in [1.29, 1.82) is 0 Å². The number of halogens is 3. The fraction of sp³-hybridized carbons (Fsp3) is 0.350. The topological polar surface area (TPSA) is 94.0 Å². The maximum absolute atomic E-state index is 14.8. The Hall–Kier alpha value is -4.59. The molecule has 0 aromatic heterocycles. The lowest BCUT2D eigenvalue weighted by Crippen LogP contribution is -2.63. The smallest absolute Gasteiger partial charge is 0.456 e.